The van der Waals surface area contributed by atoms with Gasteiger partial charge in [-0.05, 0) is 42.7 Å². The zero-order chi connectivity index (χ0) is 14.7. The molecule has 0 radical (unpaired) electrons. The molecule has 1 atom stereocenters. The van der Waals surface area contributed by atoms with Crippen molar-refractivity contribution in [3.05, 3.63) is 34.3 Å². The van der Waals surface area contributed by atoms with Crippen LogP contribution in [-0.4, -0.2) is 29.8 Å². The highest BCUT2D eigenvalue weighted by atomic mass is 32.1. The molecule has 0 aliphatic carbocycles. The summed E-state index contributed by atoms with van der Waals surface area (Å²) in [5, 5.41) is 7.56. The van der Waals surface area contributed by atoms with Gasteiger partial charge in [-0.25, -0.2) is 0 Å². The van der Waals surface area contributed by atoms with Crippen LogP contribution in [0.1, 0.15) is 35.5 Å². The van der Waals surface area contributed by atoms with Gasteiger partial charge in [0.2, 0.25) is 0 Å². The summed E-state index contributed by atoms with van der Waals surface area (Å²) in [6.07, 6.45) is 1.80. The molecule has 1 unspecified atom stereocenters. The van der Waals surface area contributed by atoms with Crippen molar-refractivity contribution in [2.24, 2.45) is 0 Å². The van der Waals surface area contributed by atoms with E-state index in [1.54, 1.807) is 0 Å². The topological polar surface area (TPSA) is 56.3 Å². The third kappa shape index (κ3) is 2.87. The number of ether oxygens (including phenoxy) is 2. The SMILES string of the molecule is CCc1nnsc1C(NC)c1ccc2c(c1)OCCCO2. The quantitative estimate of drug-likeness (QED) is 0.941. The van der Waals surface area contributed by atoms with Crippen LogP contribution < -0.4 is 14.8 Å². The third-order valence-electron chi connectivity index (χ3n) is 3.58. The first-order valence-corrected chi connectivity index (χ1v) is 7.98. The first kappa shape index (κ1) is 14.3. The average molecular weight is 305 g/mol. The van der Waals surface area contributed by atoms with Crippen molar-refractivity contribution in [1.82, 2.24) is 14.9 Å². The van der Waals surface area contributed by atoms with E-state index in [0.717, 1.165) is 40.5 Å². The predicted octanol–water partition coefficient (Wildman–Crippen LogP) is 2.57. The maximum Gasteiger partial charge on any atom is 0.161 e. The lowest BCUT2D eigenvalue weighted by Gasteiger charge is -2.17. The second-order valence-corrected chi connectivity index (χ2v) is 5.70. The molecule has 1 N–H and O–H groups in total. The van der Waals surface area contributed by atoms with Gasteiger partial charge in [-0.3, -0.25) is 0 Å². The lowest BCUT2D eigenvalue weighted by Crippen LogP contribution is -2.18. The molecule has 1 aromatic heterocycles. The fraction of sp³-hybridized carbons (Fsp3) is 0.467. The van der Waals surface area contributed by atoms with Crippen LogP contribution in [0.4, 0.5) is 0 Å². The van der Waals surface area contributed by atoms with E-state index in [2.05, 4.69) is 34.0 Å². The Morgan fingerprint density at radius 3 is 2.86 bits per heavy atom. The number of rotatable bonds is 4. The van der Waals surface area contributed by atoms with Gasteiger partial charge in [0.1, 0.15) is 0 Å². The van der Waals surface area contributed by atoms with Crippen LogP contribution in [0.5, 0.6) is 11.5 Å². The van der Waals surface area contributed by atoms with Gasteiger partial charge in [-0.1, -0.05) is 17.5 Å². The minimum Gasteiger partial charge on any atom is -0.490 e. The van der Waals surface area contributed by atoms with Crippen LogP contribution in [0.2, 0.25) is 0 Å². The highest BCUT2D eigenvalue weighted by Crippen LogP contribution is 2.35. The summed E-state index contributed by atoms with van der Waals surface area (Å²) >= 11 is 1.45. The summed E-state index contributed by atoms with van der Waals surface area (Å²) in [6, 6.07) is 6.20. The summed E-state index contributed by atoms with van der Waals surface area (Å²) in [6.45, 7) is 3.50. The third-order valence-corrected chi connectivity index (χ3v) is 4.41. The molecule has 21 heavy (non-hydrogen) atoms. The predicted molar refractivity (Wildman–Crippen MR) is 82.2 cm³/mol. The number of hydrogen-bond donors (Lipinski definition) is 1. The molecule has 0 bridgehead atoms. The van der Waals surface area contributed by atoms with E-state index in [0.29, 0.717) is 13.2 Å². The lowest BCUT2D eigenvalue weighted by molar-refractivity contribution is 0.297. The van der Waals surface area contributed by atoms with Gasteiger partial charge in [-0.2, -0.15) is 0 Å². The van der Waals surface area contributed by atoms with Crippen molar-refractivity contribution >= 4 is 11.5 Å². The van der Waals surface area contributed by atoms with Gasteiger partial charge in [0.15, 0.2) is 11.5 Å². The normalized spacial score (nSPS) is 15.5. The second kappa shape index (κ2) is 6.41. The summed E-state index contributed by atoms with van der Waals surface area (Å²) in [5.74, 6) is 1.64. The number of nitrogens with zero attached hydrogens (tertiary/aromatic N) is 2. The lowest BCUT2D eigenvalue weighted by atomic mass is 10.0. The fourth-order valence-corrected chi connectivity index (χ4v) is 3.37. The first-order valence-electron chi connectivity index (χ1n) is 7.21. The van der Waals surface area contributed by atoms with E-state index >= 15 is 0 Å². The molecule has 1 aliphatic heterocycles. The van der Waals surface area contributed by atoms with E-state index in [9.17, 15) is 0 Å². The van der Waals surface area contributed by atoms with Crippen LogP contribution in [-0.2, 0) is 6.42 Å². The molecule has 0 amide bonds. The molecule has 3 rings (SSSR count). The standard InChI is InChI=1S/C15H19N3O2S/c1-3-11-15(21-18-17-11)14(16-2)10-5-6-12-13(9-10)20-8-4-7-19-12/h5-6,9,14,16H,3-4,7-8H2,1-2H3. The molecule has 5 nitrogen and oxygen atoms in total. The zero-order valence-corrected chi connectivity index (χ0v) is 13.1. The van der Waals surface area contributed by atoms with Gasteiger partial charge in [0, 0.05) is 6.42 Å². The molecule has 2 aromatic rings. The number of hydrogen-bond acceptors (Lipinski definition) is 6. The van der Waals surface area contributed by atoms with Gasteiger partial charge < -0.3 is 14.8 Å². The minimum atomic E-state index is 0.0807. The van der Waals surface area contributed by atoms with Crippen LogP contribution >= 0.6 is 11.5 Å². The molecule has 1 aliphatic rings. The molecule has 2 heterocycles. The second-order valence-electron chi connectivity index (χ2n) is 4.92. The van der Waals surface area contributed by atoms with Crippen molar-refractivity contribution in [3.8, 4) is 11.5 Å². The Balaban J connectivity index is 1.96. The molecule has 0 saturated carbocycles. The van der Waals surface area contributed by atoms with Crippen molar-refractivity contribution in [2.75, 3.05) is 20.3 Å². The van der Waals surface area contributed by atoms with E-state index < -0.39 is 0 Å². The maximum absolute atomic E-state index is 5.78. The zero-order valence-electron chi connectivity index (χ0n) is 12.3. The fourth-order valence-electron chi connectivity index (χ4n) is 2.49. The van der Waals surface area contributed by atoms with Crippen LogP contribution in [0.15, 0.2) is 18.2 Å². The van der Waals surface area contributed by atoms with Crippen LogP contribution in [0, 0.1) is 0 Å². The summed E-state index contributed by atoms with van der Waals surface area (Å²) in [7, 11) is 1.95. The van der Waals surface area contributed by atoms with E-state index in [1.807, 2.05) is 13.1 Å². The monoisotopic (exact) mass is 305 g/mol. The number of nitrogens with one attached hydrogen (secondary N) is 1. The molecule has 112 valence electrons. The van der Waals surface area contributed by atoms with Crippen LogP contribution in [0.25, 0.3) is 0 Å². The molecular formula is C15H19N3O2S. The van der Waals surface area contributed by atoms with E-state index in [-0.39, 0.29) is 6.04 Å². The highest BCUT2D eigenvalue weighted by molar-refractivity contribution is 7.05. The van der Waals surface area contributed by atoms with Crippen molar-refractivity contribution in [1.29, 1.82) is 0 Å². The van der Waals surface area contributed by atoms with Gasteiger partial charge in [0.25, 0.3) is 0 Å². The first-order chi connectivity index (χ1) is 10.3. The van der Waals surface area contributed by atoms with Gasteiger partial charge >= 0.3 is 0 Å². The highest BCUT2D eigenvalue weighted by Gasteiger charge is 2.21. The molecule has 0 spiro atoms. The largest absolute Gasteiger partial charge is 0.490 e. The Bertz CT molecular complexity index is 615. The van der Waals surface area contributed by atoms with Crippen LogP contribution in [0.3, 0.4) is 0 Å². The smallest absolute Gasteiger partial charge is 0.161 e. The Hall–Kier alpha value is -1.66. The summed E-state index contributed by atoms with van der Waals surface area (Å²) in [4.78, 5) is 1.16. The molecule has 6 heteroatoms. The number of aryl methyl sites for hydroxylation is 1. The van der Waals surface area contributed by atoms with Crippen molar-refractivity contribution < 1.29 is 9.47 Å². The van der Waals surface area contributed by atoms with Crippen molar-refractivity contribution in [2.45, 2.75) is 25.8 Å². The molecule has 1 aromatic carbocycles. The number of fused-ring (bicyclic) bond motifs is 1. The number of benzene rings is 1. The van der Waals surface area contributed by atoms with Crippen molar-refractivity contribution in [3.63, 3.8) is 0 Å². The summed E-state index contributed by atoms with van der Waals surface area (Å²) < 4.78 is 15.5. The van der Waals surface area contributed by atoms with E-state index in [1.165, 1.54) is 11.5 Å². The number of aromatic nitrogens is 2. The maximum atomic E-state index is 5.78. The molecular weight excluding hydrogens is 286 g/mol. The van der Waals surface area contributed by atoms with Gasteiger partial charge in [-0.15, -0.1) is 5.10 Å². The average Bonchev–Trinajstić information content (AvgIpc) is 2.85. The Morgan fingerprint density at radius 2 is 2.10 bits per heavy atom. The Morgan fingerprint density at radius 1 is 1.29 bits per heavy atom. The van der Waals surface area contributed by atoms with Gasteiger partial charge in [0.05, 0.1) is 29.8 Å². The Labute approximate surface area is 128 Å². The molecule has 0 fully saturated rings. The molecule has 0 saturated heterocycles. The minimum absolute atomic E-state index is 0.0807. The van der Waals surface area contributed by atoms with E-state index in [4.69, 9.17) is 9.47 Å². The Kier molecular flexibility index (Phi) is 4.36. The summed E-state index contributed by atoms with van der Waals surface area (Å²) in [5.41, 5.74) is 2.19.